The lowest BCUT2D eigenvalue weighted by atomic mass is 10.0. The highest BCUT2D eigenvalue weighted by Gasteiger charge is 2.20. The van der Waals surface area contributed by atoms with Gasteiger partial charge in [0.15, 0.2) is 12.4 Å². The van der Waals surface area contributed by atoms with Crippen LogP contribution in [0.25, 0.3) is 11.1 Å². The molecule has 24 heavy (non-hydrogen) atoms. The average molecular weight is 318 g/mol. The van der Waals surface area contributed by atoms with Crippen molar-refractivity contribution in [3.8, 4) is 11.1 Å². The maximum Gasteiger partial charge on any atom is 0.374 e. The molecule has 0 radical (unpaired) electrons. The predicted octanol–water partition coefficient (Wildman–Crippen LogP) is 3.89. The van der Waals surface area contributed by atoms with Gasteiger partial charge < -0.3 is 9.15 Å². The van der Waals surface area contributed by atoms with Gasteiger partial charge in [0.25, 0.3) is 0 Å². The van der Waals surface area contributed by atoms with E-state index in [2.05, 4.69) is 12.1 Å². The highest BCUT2D eigenvalue weighted by atomic mass is 16.5. The van der Waals surface area contributed by atoms with Gasteiger partial charge in [0.2, 0.25) is 5.76 Å². The van der Waals surface area contributed by atoms with Gasteiger partial charge >= 0.3 is 5.97 Å². The van der Waals surface area contributed by atoms with Crippen molar-refractivity contribution >= 4 is 11.8 Å². The van der Waals surface area contributed by atoms with Gasteiger partial charge in [0, 0.05) is 5.56 Å². The third kappa shape index (κ3) is 2.52. The summed E-state index contributed by atoms with van der Waals surface area (Å²) in [6.45, 7) is -0.306. The SMILES string of the molecule is O=C(COC(=O)c1ccco1)c1ccc2c(c1)-c1ccccc1C2. The average Bonchev–Trinajstić information content (AvgIpc) is 3.26. The van der Waals surface area contributed by atoms with E-state index in [0.717, 1.165) is 17.5 Å². The molecule has 1 aliphatic carbocycles. The van der Waals surface area contributed by atoms with Crippen LogP contribution in [-0.4, -0.2) is 18.4 Å². The molecule has 4 rings (SSSR count). The van der Waals surface area contributed by atoms with Crippen molar-refractivity contribution in [2.45, 2.75) is 6.42 Å². The molecule has 0 amide bonds. The van der Waals surface area contributed by atoms with Gasteiger partial charge in [-0.25, -0.2) is 4.79 Å². The smallest absolute Gasteiger partial charge is 0.374 e. The summed E-state index contributed by atoms with van der Waals surface area (Å²) in [5, 5.41) is 0. The van der Waals surface area contributed by atoms with Crippen LogP contribution in [0.1, 0.15) is 32.0 Å². The van der Waals surface area contributed by atoms with Gasteiger partial charge in [-0.2, -0.15) is 0 Å². The van der Waals surface area contributed by atoms with Crippen LogP contribution in [0.5, 0.6) is 0 Å². The van der Waals surface area contributed by atoms with Crippen LogP contribution in [0.15, 0.2) is 65.3 Å². The molecular formula is C20H14O4. The number of ether oxygens (including phenoxy) is 1. The van der Waals surface area contributed by atoms with Crippen LogP contribution in [0.2, 0.25) is 0 Å². The second kappa shape index (κ2) is 5.81. The largest absolute Gasteiger partial charge is 0.457 e. The van der Waals surface area contributed by atoms with Gasteiger partial charge in [-0.1, -0.05) is 36.4 Å². The molecule has 0 saturated carbocycles. The van der Waals surface area contributed by atoms with Gasteiger partial charge in [0.05, 0.1) is 6.26 Å². The van der Waals surface area contributed by atoms with Crippen LogP contribution in [0, 0.1) is 0 Å². The van der Waals surface area contributed by atoms with E-state index in [9.17, 15) is 9.59 Å². The summed E-state index contributed by atoms with van der Waals surface area (Å²) < 4.78 is 9.96. The first kappa shape index (κ1) is 14.5. The molecular weight excluding hydrogens is 304 g/mol. The van der Waals surface area contributed by atoms with E-state index in [1.807, 2.05) is 24.3 Å². The number of carbonyl (C=O) groups excluding carboxylic acids is 2. The molecule has 3 aromatic rings. The highest BCUT2D eigenvalue weighted by Crippen LogP contribution is 2.36. The van der Waals surface area contributed by atoms with E-state index in [4.69, 9.17) is 9.15 Å². The third-order valence-electron chi connectivity index (χ3n) is 4.18. The van der Waals surface area contributed by atoms with E-state index >= 15 is 0 Å². The van der Waals surface area contributed by atoms with Crippen LogP contribution < -0.4 is 0 Å². The second-order valence-electron chi connectivity index (χ2n) is 5.68. The molecule has 1 aromatic heterocycles. The fraction of sp³-hybridized carbons (Fsp3) is 0.100. The molecule has 0 N–H and O–H groups in total. The Kier molecular flexibility index (Phi) is 3.50. The summed E-state index contributed by atoms with van der Waals surface area (Å²) in [7, 11) is 0. The minimum absolute atomic E-state index is 0.0886. The molecule has 0 fully saturated rings. The molecule has 0 bridgehead atoms. The minimum atomic E-state index is -0.639. The maximum absolute atomic E-state index is 12.3. The number of Topliss-reactive ketones (excluding diaryl/α,β-unsaturated/α-hetero) is 1. The molecule has 118 valence electrons. The third-order valence-corrected chi connectivity index (χ3v) is 4.18. The number of ketones is 1. The maximum atomic E-state index is 12.3. The van der Waals surface area contributed by atoms with E-state index in [1.54, 1.807) is 12.1 Å². The molecule has 0 saturated heterocycles. The van der Waals surface area contributed by atoms with Crippen molar-refractivity contribution in [1.82, 2.24) is 0 Å². The quantitative estimate of drug-likeness (QED) is 0.423. The molecule has 4 nitrogen and oxygen atoms in total. The topological polar surface area (TPSA) is 56.5 Å². The molecule has 2 aromatic carbocycles. The van der Waals surface area contributed by atoms with Crippen molar-refractivity contribution in [2.75, 3.05) is 6.61 Å². The zero-order valence-electron chi connectivity index (χ0n) is 12.8. The Hall–Kier alpha value is -3.14. The molecule has 4 heteroatoms. The number of carbonyl (C=O) groups is 2. The fourth-order valence-electron chi connectivity index (χ4n) is 2.98. The zero-order valence-corrected chi connectivity index (χ0v) is 12.8. The van der Waals surface area contributed by atoms with E-state index in [0.29, 0.717) is 5.56 Å². The van der Waals surface area contributed by atoms with E-state index in [-0.39, 0.29) is 18.2 Å². The Bertz CT molecular complexity index is 923. The van der Waals surface area contributed by atoms with Crippen LogP contribution in [0.4, 0.5) is 0 Å². The van der Waals surface area contributed by atoms with Gasteiger partial charge in [-0.3, -0.25) is 4.79 Å². The minimum Gasteiger partial charge on any atom is -0.457 e. The van der Waals surface area contributed by atoms with Gasteiger partial charge in [-0.05, 0) is 46.9 Å². The van der Waals surface area contributed by atoms with Gasteiger partial charge in [0.1, 0.15) is 0 Å². The monoisotopic (exact) mass is 318 g/mol. The molecule has 0 atom stereocenters. The number of hydrogen-bond donors (Lipinski definition) is 0. The van der Waals surface area contributed by atoms with Crippen molar-refractivity contribution in [2.24, 2.45) is 0 Å². The Morgan fingerprint density at radius 1 is 0.958 bits per heavy atom. The van der Waals surface area contributed by atoms with Crippen LogP contribution in [0.3, 0.4) is 0 Å². The summed E-state index contributed by atoms with van der Waals surface area (Å²) >= 11 is 0. The second-order valence-corrected chi connectivity index (χ2v) is 5.68. The van der Waals surface area contributed by atoms with Crippen molar-refractivity contribution in [3.63, 3.8) is 0 Å². The first-order valence-electron chi connectivity index (χ1n) is 7.67. The number of esters is 1. The Morgan fingerprint density at radius 3 is 2.62 bits per heavy atom. The Labute approximate surface area is 138 Å². The number of benzene rings is 2. The number of furan rings is 1. The first-order valence-corrected chi connectivity index (χ1v) is 7.67. The Morgan fingerprint density at radius 2 is 1.79 bits per heavy atom. The number of hydrogen-bond acceptors (Lipinski definition) is 4. The zero-order chi connectivity index (χ0) is 16.5. The fourth-order valence-corrected chi connectivity index (χ4v) is 2.98. The molecule has 0 aliphatic heterocycles. The van der Waals surface area contributed by atoms with Crippen molar-refractivity contribution in [3.05, 3.63) is 83.3 Å². The summed E-state index contributed by atoms with van der Waals surface area (Å²) in [5.74, 6) is -0.785. The lowest BCUT2D eigenvalue weighted by Crippen LogP contribution is -2.14. The summed E-state index contributed by atoms with van der Waals surface area (Å²) in [5.41, 5.74) is 5.25. The van der Waals surface area contributed by atoms with Crippen LogP contribution >= 0.6 is 0 Å². The van der Waals surface area contributed by atoms with E-state index < -0.39 is 5.97 Å². The van der Waals surface area contributed by atoms with Gasteiger partial charge in [-0.15, -0.1) is 0 Å². The Balaban J connectivity index is 1.52. The number of rotatable bonds is 4. The van der Waals surface area contributed by atoms with Crippen molar-refractivity contribution in [1.29, 1.82) is 0 Å². The summed E-state index contributed by atoms with van der Waals surface area (Å²) in [6, 6.07) is 16.9. The van der Waals surface area contributed by atoms with Crippen molar-refractivity contribution < 1.29 is 18.7 Å². The predicted molar refractivity (Wildman–Crippen MR) is 88.0 cm³/mol. The standard InChI is InChI=1S/C20H14O4/c21-18(12-24-20(22)19-6-3-9-23-19)15-8-7-14-10-13-4-1-2-5-16(13)17(14)11-15/h1-9,11H,10,12H2. The molecule has 1 aliphatic rings. The first-order chi connectivity index (χ1) is 11.7. The van der Waals surface area contributed by atoms with Crippen LogP contribution in [-0.2, 0) is 11.2 Å². The van der Waals surface area contributed by atoms with E-state index in [1.165, 1.54) is 23.5 Å². The molecule has 1 heterocycles. The molecule has 0 unspecified atom stereocenters. The summed E-state index contributed by atoms with van der Waals surface area (Å²) in [4.78, 5) is 24.0. The lowest BCUT2D eigenvalue weighted by Gasteiger charge is -2.06. The number of fused-ring (bicyclic) bond motifs is 3. The normalized spacial score (nSPS) is 11.7. The molecule has 0 spiro atoms. The lowest BCUT2D eigenvalue weighted by molar-refractivity contribution is 0.0444. The summed E-state index contributed by atoms with van der Waals surface area (Å²) in [6.07, 6.45) is 2.27. The highest BCUT2D eigenvalue weighted by molar-refractivity contribution is 6.00.